The van der Waals surface area contributed by atoms with Gasteiger partial charge in [-0.15, -0.1) is 0 Å². The van der Waals surface area contributed by atoms with E-state index < -0.39 is 23.8 Å². The number of nitrogens with two attached hydrogens (primary N) is 1. The highest BCUT2D eigenvalue weighted by molar-refractivity contribution is 6.07. The third-order valence-electron chi connectivity index (χ3n) is 4.45. The molecule has 0 bridgehead atoms. The molecule has 1 aliphatic heterocycles. The van der Waals surface area contributed by atoms with Gasteiger partial charge >= 0.3 is 11.9 Å². The van der Waals surface area contributed by atoms with E-state index >= 15 is 0 Å². The third-order valence-corrected chi connectivity index (χ3v) is 4.45. The maximum absolute atomic E-state index is 12.5. The number of benzene rings is 1. The smallest absolute Gasteiger partial charge is 0.336 e. The quantitative estimate of drug-likeness (QED) is 0.484. The van der Waals surface area contributed by atoms with Gasteiger partial charge in [0.15, 0.2) is 0 Å². The summed E-state index contributed by atoms with van der Waals surface area (Å²) in [5, 5.41) is 0. The molecule has 0 fully saturated rings. The molecule has 2 rings (SSSR count). The van der Waals surface area contributed by atoms with Crippen LogP contribution in [0.1, 0.15) is 32.3 Å². The number of para-hydroxylation sites is 1. The molecule has 0 radical (unpaired) electrons. The number of nitrogens with zero attached hydrogens (tertiary/aromatic N) is 1. The van der Waals surface area contributed by atoms with Crippen molar-refractivity contribution in [1.82, 2.24) is 0 Å². The number of nitrogen functional groups attached to an aromatic ring is 1. The first kappa shape index (κ1) is 20.2. The first-order chi connectivity index (χ1) is 12.9. The number of hydrogen-bond acceptors (Lipinski definition) is 7. The van der Waals surface area contributed by atoms with Gasteiger partial charge in [0.05, 0.1) is 31.7 Å². The van der Waals surface area contributed by atoms with Crippen molar-refractivity contribution in [2.75, 3.05) is 20.0 Å². The molecule has 2 atom stereocenters. The molecule has 0 aromatic heterocycles. The monoisotopic (exact) mass is 372 g/mol. The summed E-state index contributed by atoms with van der Waals surface area (Å²) in [4.78, 5) is 29.4. The lowest BCUT2D eigenvalue weighted by Gasteiger charge is -2.32. The Hall–Kier alpha value is -3.09. The molecule has 1 heterocycles. The predicted molar refractivity (Wildman–Crippen MR) is 102 cm³/mol. The zero-order chi connectivity index (χ0) is 20.1. The van der Waals surface area contributed by atoms with Gasteiger partial charge in [-0.1, -0.05) is 18.2 Å². The van der Waals surface area contributed by atoms with Gasteiger partial charge in [-0.3, -0.25) is 9.79 Å². The van der Waals surface area contributed by atoms with E-state index in [-0.39, 0.29) is 5.57 Å². The van der Waals surface area contributed by atoms with Crippen molar-refractivity contribution in [3.8, 4) is 5.75 Å². The van der Waals surface area contributed by atoms with E-state index in [0.29, 0.717) is 28.4 Å². The second kappa shape index (κ2) is 8.53. The van der Waals surface area contributed by atoms with Crippen molar-refractivity contribution in [1.29, 1.82) is 0 Å². The normalized spacial score (nSPS) is 19.7. The number of rotatable bonds is 5. The van der Waals surface area contributed by atoms with Crippen LogP contribution in [0, 0.1) is 5.92 Å². The van der Waals surface area contributed by atoms with Gasteiger partial charge in [0, 0.05) is 17.3 Å². The molecule has 0 amide bonds. The van der Waals surface area contributed by atoms with Crippen LogP contribution >= 0.6 is 0 Å². The highest BCUT2D eigenvalue weighted by Gasteiger charge is 2.43. The number of hydrogen-bond donors (Lipinski definition) is 1. The fourth-order valence-electron chi connectivity index (χ4n) is 3.26. The van der Waals surface area contributed by atoms with Crippen LogP contribution in [0.4, 0.5) is 5.69 Å². The molecule has 0 saturated heterocycles. The van der Waals surface area contributed by atoms with Gasteiger partial charge in [0.1, 0.15) is 11.7 Å². The second-order valence-corrected chi connectivity index (χ2v) is 6.07. The van der Waals surface area contributed by atoms with Crippen LogP contribution in [0.5, 0.6) is 5.75 Å². The molecule has 0 aliphatic carbocycles. The summed E-state index contributed by atoms with van der Waals surface area (Å²) >= 11 is 0. The minimum Gasteiger partial charge on any atom is -0.468 e. The number of aliphatic imine (C=N–C) groups is 1. The van der Waals surface area contributed by atoms with E-state index in [1.54, 1.807) is 38.1 Å². The number of allylic oxidation sites excluding steroid dienone is 2. The van der Waals surface area contributed by atoms with Gasteiger partial charge in [-0.25, -0.2) is 4.79 Å². The van der Waals surface area contributed by atoms with Crippen LogP contribution in [0.3, 0.4) is 0 Å². The first-order valence-corrected chi connectivity index (χ1v) is 8.45. The van der Waals surface area contributed by atoms with Crippen molar-refractivity contribution < 1.29 is 23.8 Å². The second-order valence-electron chi connectivity index (χ2n) is 6.07. The fourth-order valence-corrected chi connectivity index (χ4v) is 3.26. The summed E-state index contributed by atoms with van der Waals surface area (Å²) < 4.78 is 15.4. The Labute approximate surface area is 158 Å². The summed E-state index contributed by atoms with van der Waals surface area (Å²) in [6.07, 6.45) is 3.23. The van der Waals surface area contributed by atoms with Gasteiger partial charge < -0.3 is 19.9 Å². The Balaban J connectivity index is 2.72. The Kier molecular flexibility index (Phi) is 6.39. The summed E-state index contributed by atoms with van der Waals surface area (Å²) in [6.45, 7) is 5.24. The maximum Gasteiger partial charge on any atom is 0.336 e. The van der Waals surface area contributed by atoms with Crippen molar-refractivity contribution in [2.24, 2.45) is 10.9 Å². The fraction of sp³-hybridized carbons (Fsp3) is 0.350. The molecule has 144 valence electrons. The minimum atomic E-state index is -0.799. The zero-order valence-electron chi connectivity index (χ0n) is 16.1. The molecule has 27 heavy (non-hydrogen) atoms. The Morgan fingerprint density at radius 2 is 1.89 bits per heavy atom. The molecule has 7 heteroatoms. The Morgan fingerprint density at radius 1 is 1.19 bits per heavy atom. The standard InChI is InChI=1S/C20H24N2O5/c1-6-10-27-14-9-7-8-13(18(14)21)17-15(19(23)25-4)11(2)22-12(3)16(17)20(24)26-5/h6-10,15,17H,21H2,1-5H3. The molecule has 1 aromatic carbocycles. The maximum atomic E-state index is 12.5. The van der Waals surface area contributed by atoms with Crippen molar-refractivity contribution in [2.45, 2.75) is 26.7 Å². The average molecular weight is 372 g/mol. The zero-order valence-corrected chi connectivity index (χ0v) is 16.1. The molecule has 1 aromatic rings. The van der Waals surface area contributed by atoms with Crippen LogP contribution in [0.15, 0.2) is 46.8 Å². The van der Waals surface area contributed by atoms with E-state index in [1.807, 2.05) is 6.92 Å². The van der Waals surface area contributed by atoms with Crippen molar-refractivity contribution in [3.63, 3.8) is 0 Å². The molecule has 1 aliphatic rings. The van der Waals surface area contributed by atoms with Crippen LogP contribution in [0.25, 0.3) is 0 Å². The van der Waals surface area contributed by atoms with E-state index in [9.17, 15) is 9.59 Å². The summed E-state index contributed by atoms with van der Waals surface area (Å²) in [6, 6.07) is 5.22. The lowest BCUT2D eigenvalue weighted by Crippen LogP contribution is -2.36. The van der Waals surface area contributed by atoms with Gasteiger partial charge in [0.25, 0.3) is 0 Å². The number of anilines is 1. The Morgan fingerprint density at radius 3 is 2.48 bits per heavy atom. The molecule has 0 spiro atoms. The molecular weight excluding hydrogens is 348 g/mol. The molecule has 7 nitrogen and oxygen atoms in total. The number of carbonyl (C=O) groups excluding carboxylic acids is 2. The third kappa shape index (κ3) is 3.86. The van der Waals surface area contributed by atoms with Crippen molar-refractivity contribution in [3.05, 3.63) is 47.4 Å². The molecular formula is C20H24N2O5. The summed E-state index contributed by atoms with van der Waals surface area (Å²) in [5.41, 5.74) is 8.52. The summed E-state index contributed by atoms with van der Waals surface area (Å²) in [7, 11) is 2.58. The SMILES string of the molecule is CC=COc1cccc(C2C(C(=O)OC)=C(C)N=C(C)C2C(=O)OC)c1N. The van der Waals surface area contributed by atoms with Gasteiger partial charge in [-0.05, 0) is 32.4 Å². The Bertz CT molecular complexity index is 839. The lowest BCUT2D eigenvalue weighted by molar-refractivity contribution is -0.143. The minimum absolute atomic E-state index is 0.272. The van der Waals surface area contributed by atoms with Crippen LogP contribution < -0.4 is 10.5 Å². The molecule has 2 unspecified atom stereocenters. The number of esters is 2. The largest absolute Gasteiger partial charge is 0.468 e. The number of methoxy groups -OCH3 is 2. The number of carbonyl (C=O) groups is 2. The highest BCUT2D eigenvalue weighted by Crippen LogP contribution is 2.44. The van der Waals surface area contributed by atoms with E-state index in [0.717, 1.165) is 0 Å². The number of ether oxygens (including phenoxy) is 3. The average Bonchev–Trinajstić information content (AvgIpc) is 2.65. The van der Waals surface area contributed by atoms with Gasteiger partial charge in [-0.2, -0.15) is 0 Å². The highest BCUT2D eigenvalue weighted by atomic mass is 16.5. The predicted octanol–water partition coefficient (Wildman–Crippen LogP) is 2.98. The van der Waals surface area contributed by atoms with Crippen LogP contribution in [0.2, 0.25) is 0 Å². The van der Waals surface area contributed by atoms with Crippen molar-refractivity contribution >= 4 is 23.3 Å². The lowest BCUT2D eigenvalue weighted by atomic mass is 9.75. The molecule has 2 N–H and O–H groups in total. The van der Waals surface area contributed by atoms with E-state index in [1.165, 1.54) is 20.5 Å². The van der Waals surface area contributed by atoms with Crippen LogP contribution in [-0.4, -0.2) is 31.9 Å². The van der Waals surface area contributed by atoms with Crippen LogP contribution in [-0.2, 0) is 19.1 Å². The molecule has 0 saturated carbocycles. The van der Waals surface area contributed by atoms with E-state index in [4.69, 9.17) is 19.9 Å². The topological polar surface area (TPSA) is 100 Å². The van der Waals surface area contributed by atoms with E-state index in [2.05, 4.69) is 4.99 Å². The first-order valence-electron chi connectivity index (χ1n) is 8.45. The summed E-state index contributed by atoms with van der Waals surface area (Å²) in [5.74, 6) is -2.14. The van der Waals surface area contributed by atoms with Gasteiger partial charge in [0.2, 0.25) is 0 Å².